The lowest BCUT2D eigenvalue weighted by Crippen LogP contribution is -2.28. The third-order valence-corrected chi connectivity index (χ3v) is 3.22. The Hall–Kier alpha value is -2.40. The van der Waals surface area contributed by atoms with E-state index in [0.717, 1.165) is 0 Å². The molecule has 2 rings (SSSR count). The van der Waals surface area contributed by atoms with Gasteiger partial charge in [0.25, 0.3) is 0 Å². The molecule has 0 saturated heterocycles. The zero-order valence-corrected chi connectivity index (χ0v) is 13.0. The van der Waals surface area contributed by atoms with E-state index in [2.05, 4.69) is 0 Å². The number of carbonyl (C=O) groups excluding carboxylic acids is 2. The second-order valence-corrected chi connectivity index (χ2v) is 5.19. The third kappa shape index (κ3) is 5.07. The van der Waals surface area contributed by atoms with Crippen molar-refractivity contribution in [3.63, 3.8) is 0 Å². The predicted molar refractivity (Wildman–Crippen MR) is 83.2 cm³/mol. The highest BCUT2D eigenvalue weighted by molar-refractivity contribution is 6.30. The Morgan fingerprint density at radius 2 is 1.70 bits per heavy atom. The molecule has 0 saturated carbocycles. The zero-order valence-electron chi connectivity index (χ0n) is 12.3. The predicted octanol–water partition coefficient (Wildman–Crippen LogP) is 3.67. The Labute approximate surface area is 137 Å². The van der Waals surface area contributed by atoms with Gasteiger partial charge in [-0.05, 0) is 55.5 Å². The number of ketones is 1. The second-order valence-electron chi connectivity index (χ2n) is 4.75. The van der Waals surface area contributed by atoms with Crippen LogP contribution in [0.25, 0.3) is 0 Å². The molecule has 0 heterocycles. The molecule has 4 nitrogen and oxygen atoms in total. The Morgan fingerprint density at radius 3 is 2.30 bits per heavy atom. The maximum absolute atomic E-state index is 12.8. The van der Waals surface area contributed by atoms with Gasteiger partial charge < -0.3 is 9.47 Å². The SMILES string of the molecule is CC(Oc1ccc(Cl)cc1)C(=O)OCC(=O)c1ccc(F)cc1. The van der Waals surface area contributed by atoms with E-state index in [1.807, 2.05) is 0 Å². The summed E-state index contributed by atoms with van der Waals surface area (Å²) in [5.41, 5.74) is 0.269. The molecular weight excluding hydrogens is 323 g/mol. The first kappa shape index (κ1) is 17.0. The number of ether oxygens (including phenoxy) is 2. The van der Waals surface area contributed by atoms with Crippen LogP contribution in [0.4, 0.5) is 4.39 Å². The van der Waals surface area contributed by atoms with Crippen LogP contribution in [-0.2, 0) is 9.53 Å². The van der Waals surface area contributed by atoms with Crippen molar-refractivity contribution >= 4 is 23.4 Å². The second kappa shape index (κ2) is 7.74. The Kier molecular flexibility index (Phi) is 5.71. The van der Waals surface area contributed by atoms with E-state index in [9.17, 15) is 14.0 Å². The molecule has 0 N–H and O–H groups in total. The van der Waals surface area contributed by atoms with Crippen LogP contribution in [0.3, 0.4) is 0 Å². The molecule has 0 amide bonds. The molecule has 0 spiro atoms. The van der Waals surface area contributed by atoms with E-state index in [-0.39, 0.29) is 5.56 Å². The van der Waals surface area contributed by atoms with E-state index in [0.29, 0.717) is 10.8 Å². The highest BCUT2D eigenvalue weighted by atomic mass is 35.5. The highest BCUT2D eigenvalue weighted by Crippen LogP contribution is 2.17. The topological polar surface area (TPSA) is 52.6 Å². The van der Waals surface area contributed by atoms with Gasteiger partial charge in [0.15, 0.2) is 18.5 Å². The maximum atomic E-state index is 12.8. The van der Waals surface area contributed by atoms with Crippen molar-refractivity contribution in [2.75, 3.05) is 6.61 Å². The van der Waals surface area contributed by atoms with Crippen molar-refractivity contribution in [2.45, 2.75) is 13.0 Å². The Balaban J connectivity index is 1.84. The molecule has 0 radical (unpaired) electrons. The van der Waals surface area contributed by atoms with Gasteiger partial charge in [-0.1, -0.05) is 11.6 Å². The molecule has 0 aliphatic rings. The third-order valence-electron chi connectivity index (χ3n) is 2.97. The summed E-state index contributed by atoms with van der Waals surface area (Å²) in [6.45, 7) is 1.08. The van der Waals surface area contributed by atoms with Crippen LogP contribution in [0.2, 0.25) is 5.02 Å². The van der Waals surface area contributed by atoms with Gasteiger partial charge in [-0.25, -0.2) is 9.18 Å². The first-order valence-corrected chi connectivity index (χ1v) is 7.21. The number of rotatable bonds is 6. The van der Waals surface area contributed by atoms with Crippen LogP contribution >= 0.6 is 11.6 Å². The average Bonchev–Trinajstić information content (AvgIpc) is 2.55. The van der Waals surface area contributed by atoms with Gasteiger partial charge in [0.05, 0.1) is 0 Å². The van der Waals surface area contributed by atoms with Crippen molar-refractivity contribution in [2.24, 2.45) is 0 Å². The van der Waals surface area contributed by atoms with Crippen LogP contribution in [0.5, 0.6) is 5.75 Å². The molecule has 6 heteroatoms. The molecule has 2 aromatic rings. The van der Waals surface area contributed by atoms with Crippen LogP contribution in [0, 0.1) is 5.82 Å². The summed E-state index contributed by atoms with van der Waals surface area (Å²) in [4.78, 5) is 23.6. The van der Waals surface area contributed by atoms with Gasteiger partial charge >= 0.3 is 5.97 Å². The summed E-state index contributed by atoms with van der Waals surface area (Å²) in [5.74, 6) is -1.07. The van der Waals surface area contributed by atoms with Crippen molar-refractivity contribution < 1.29 is 23.5 Å². The molecule has 120 valence electrons. The molecule has 1 unspecified atom stereocenters. The van der Waals surface area contributed by atoms with Gasteiger partial charge in [-0.2, -0.15) is 0 Å². The molecule has 0 aliphatic carbocycles. The van der Waals surface area contributed by atoms with Gasteiger partial charge in [0.2, 0.25) is 0 Å². The quantitative estimate of drug-likeness (QED) is 0.596. The number of carbonyl (C=O) groups is 2. The fourth-order valence-electron chi connectivity index (χ4n) is 1.74. The average molecular weight is 337 g/mol. The summed E-state index contributed by atoms with van der Waals surface area (Å²) in [5, 5.41) is 0.553. The van der Waals surface area contributed by atoms with Gasteiger partial charge in [0.1, 0.15) is 11.6 Å². The number of hydrogen-bond acceptors (Lipinski definition) is 4. The molecule has 0 aromatic heterocycles. The molecule has 1 atom stereocenters. The van der Waals surface area contributed by atoms with E-state index in [1.165, 1.54) is 31.2 Å². The lowest BCUT2D eigenvalue weighted by molar-refractivity contribution is -0.149. The van der Waals surface area contributed by atoms with Crippen LogP contribution < -0.4 is 4.74 Å². The standard InChI is InChI=1S/C17H14ClFO4/c1-11(23-15-8-4-13(18)5-9-15)17(21)22-10-16(20)12-2-6-14(19)7-3-12/h2-9,11H,10H2,1H3. The van der Waals surface area contributed by atoms with Gasteiger partial charge in [-0.3, -0.25) is 4.79 Å². The zero-order chi connectivity index (χ0) is 16.8. The van der Waals surface area contributed by atoms with E-state index in [1.54, 1.807) is 24.3 Å². The smallest absolute Gasteiger partial charge is 0.347 e. The molecule has 2 aromatic carbocycles. The number of esters is 1. The normalized spacial score (nSPS) is 11.6. The molecule has 23 heavy (non-hydrogen) atoms. The van der Waals surface area contributed by atoms with Gasteiger partial charge in [-0.15, -0.1) is 0 Å². The maximum Gasteiger partial charge on any atom is 0.347 e. The number of hydrogen-bond donors (Lipinski definition) is 0. The van der Waals surface area contributed by atoms with Crippen molar-refractivity contribution in [1.29, 1.82) is 0 Å². The Bertz CT molecular complexity index is 683. The van der Waals surface area contributed by atoms with Crippen molar-refractivity contribution in [3.05, 3.63) is 64.9 Å². The molecule has 0 bridgehead atoms. The van der Waals surface area contributed by atoms with E-state index >= 15 is 0 Å². The first-order chi connectivity index (χ1) is 11.0. The summed E-state index contributed by atoms with van der Waals surface area (Å²) >= 11 is 5.76. The molecular formula is C17H14ClFO4. The minimum Gasteiger partial charge on any atom is -0.479 e. The molecule has 0 fully saturated rings. The monoisotopic (exact) mass is 336 g/mol. The fraction of sp³-hybridized carbons (Fsp3) is 0.176. The Morgan fingerprint density at radius 1 is 1.09 bits per heavy atom. The fourth-order valence-corrected chi connectivity index (χ4v) is 1.86. The summed E-state index contributed by atoms with van der Waals surface area (Å²) in [7, 11) is 0. The summed E-state index contributed by atoms with van der Waals surface area (Å²) in [6.07, 6.45) is -0.878. The van der Waals surface area contributed by atoms with E-state index < -0.39 is 30.3 Å². The van der Waals surface area contributed by atoms with Crippen LogP contribution in [0.1, 0.15) is 17.3 Å². The largest absolute Gasteiger partial charge is 0.479 e. The van der Waals surface area contributed by atoms with Crippen molar-refractivity contribution in [3.8, 4) is 5.75 Å². The first-order valence-electron chi connectivity index (χ1n) is 6.83. The van der Waals surface area contributed by atoms with Crippen LogP contribution in [0.15, 0.2) is 48.5 Å². The lowest BCUT2D eigenvalue weighted by Gasteiger charge is -2.13. The summed E-state index contributed by atoms with van der Waals surface area (Å²) < 4.78 is 23.1. The number of benzene rings is 2. The van der Waals surface area contributed by atoms with Gasteiger partial charge in [0, 0.05) is 10.6 Å². The number of Topliss-reactive ketones (excluding diaryl/α,β-unsaturated/α-hetero) is 1. The molecule has 0 aliphatic heterocycles. The minimum absolute atomic E-state index is 0.269. The minimum atomic E-state index is -0.878. The summed E-state index contributed by atoms with van der Waals surface area (Å²) in [6, 6.07) is 11.5. The van der Waals surface area contributed by atoms with Crippen LogP contribution in [-0.4, -0.2) is 24.5 Å². The highest BCUT2D eigenvalue weighted by Gasteiger charge is 2.18. The van der Waals surface area contributed by atoms with Crippen molar-refractivity contribution in [1.82, 2.24) is 0 Å². The number of halogens is 2. The van der Waals surface area contributed by atoms with E-state index in [4.69, 9.17) is 21.1 Å². The lowest BCUT2D eigenvalue weighted by atomic mass is 10.1.